The second-order valence-electron chi connectivity index (χ2n) is 5.29. The number of benzene rings is 2. The first kappa shape index (κ1) is 14.4. The summed E-state index contributed by atoms with van der Waals surface area (Å²) in [5, 5.41) is 0. The molecule has 2 nitrogen and oxygen atoms in total. The van der Waals surface area contributed by atoms with E-state index in [-0.39, 0.29) is 20.4 Å². The number of fused-ring (bicyclic) bond motifs is 1. The Balaban J connectivity index is 1.89. The van der Waals surface area contributed by atoms with Crippen molar-refractivity contribution in [3.8, 4) is 0 Å². The molecule has 21 heavy (non-hydrogen) atoms. The van der Waals surface area contributed by atoms with Gasteiger partial charge in [-0.3, -0.25) is 0 Å². The van der Waals surface area contributed by atoms with Crippen LogP contribution in [-0.4, -0.2) is 34.5 Å². The molecule has 106 valence electrons. The van der Waals surface area contributed by atoms with E-state index in [1.165, 1.54) is 23.9 Å². The molecule has 3 aromatic rings. The fourth-order valence-corrected chi connectivity index (χ4v) is 5.32. The molecule has 0 aliphatic carbocycles. The average molecular weight is 391 g/mol. The zero-order valence-electron chi connectivity index (χ0n) is 12.6. The molecule has 0 spiro atoms. The zero-order valence-corrected chi connectivity index (χ0v) is 14.9. The van der Waals surface area contributed by atoms with E-state index in [0.29, 0.717) is 0 Å². The summed E-state index contributed by atoms with van der Waals surface area (Å²) in [6.07, 6.45) is 4.51. The molecular formula is C18H19N2Te+. The van der Waals surface area contributed by atoms with E-state index in [0.717, 1.165) is 0 Å². The van der Waals surface area contributed by atoms with Gasteiger partial charge in [0, 0.05) is 0 Å². The van der Waals surface area contributed by atoms with Gasteiger partial charge < -0.3 is 0 Å². The van der Waals surface area contributed by atoms with Gasteiger partial charge in [0.2, 0.25) is 0 Å². The van der Waals surface area contributed by atoms with Crippen molar-refractivity contribution < 1.29 is 4.57 Å². The third-order valence-electron chi connectivity index (χ3n) is 3.60. The van der Waals surface area contributed by atoms with Gasteiger partial charge in [-0.2, -0.15) is 0 Å². The van der Waals surface area contributed by atoms with Crippen LogP contribution < -0.4 is 9.47 Å². The van der Waals surface area contributed by atoms with Crippen LogP contribution in [0.4, 0.5) is 5.69 Å². The molecule has 3 rings (SSSR count). The van der Waals surface area contributed by atoms with Gasteiger partial charge in [-0.1, -0.05) is 0 Å². The molecule has 0 amide bonds. The topological polar surface area (TPSA) is 7.12 Å². The van der Waals surface area contributed by atoms with Crippen molar-refractivity contribution in [3.05, 3.63) is 57.8 Å². The first-order chi connectivity index (χ1) is 10.1. The summed E-state index contributed by atoms with van der Waals surface area (Å²) in [4.78, 5) is 2.12. The van der Waals surface area contributed by atoms with Gasteiger partial charge >= 0.3 is 136 Å². The van der Waals surface area contributed by atoms with Crippen molar-refractivity contribution in [2.45, 2.75) is 0 Å². The molecule has 1 heterocycles. The van der Waals surface area contributed by atoms with Gasteiger partial charge in [-0.25, -0.2) is 0 Å². The van der Waals surface area contributed by atoms with E-state index in [1.54, 1.807) is 0 Å². The van der Waals surface area contributed by atoms with E-state index < -0.39 is 0 Å². The molecule has 3 heteroatoms. The molecule has 0 saturated carbocycles. The number of anilines is 1. The molecule has 0 saturated heterocycles. The van der Waals surface area contributed by atoms with Crippen LogP contribution in [0.5, 0.6) is 0 Å². The number of hydrogen-bond acceptors (Lipinski definition) is 1. The average Bonchev–Trinajstić information content (AvgIpc) is 2.82. The van der Waals surface area contributed by atoms with Gasteiger partial charge in [0.1, 0.15) is 0 Å². The Labute approximate surface area is 135 Å². The number of nitrogens with zero attached hydrogens (tertiary/aromatic N) is 2. The zero-order chi connectivity index (χ0) is 14.8. The van der Waals surface area contributed by atoms with Crippen LogP contribution in [0.15, 0.2) is 48.5 Å². The summed E-state index contributed by atoms with van der Waals surface area (Å²) in [6.45, 7) is 0. The van der Waals surface area contributed by atoms with E-state index >= 15 is 0 Å². The van der Waals surface area contributed by atoms with Crippen molar-refractivity contribution in [2.24, 2.45) is 7.05 Å². The van der Waals surface area contributed by atoms with E-state index in [9.17, 15) is 0 Å². The molecule has 0 atom stereocenters. The monoisotopic (exact) mass is 393 g/mol. The molecule has 1 aromatic heterocycles. The maximum absolute atomic E-state index is 2.34. The first-order valence-corrected chi connectivity index (χ1v) is 9.31. The van der Waals surface area contributed by atoms with Gasteiger partial charge in [-0.05, 0) is 0 Å². The van der Waals surface area contributed by atoms with Gasteiger partial charge in [0.25, 0.3) is 0 Å². The minimum absolute atomic E-state index is 0.245. The van der Waals surface area contributed by atoms with Crippen molar-refractivity contribution in [1.29, 1.82) is 0 Å². The van der Waals surface area contributed by atoms with E-state index in [4.69, 9.17) is 0 Å². The fourth-order valence-electron chi connectivity index (χ4n) is 2.32. The number of rotatable bonds is 3. The molecule has 0 unspecified atom stereocenters. The maximum atomic E-state index is 2.34. The third kappa shape index (κ3) is 3.05. The summed E-state index contributed by atoms with van der Waals surface area (Å²) >= 11 is -0.245. The third-order valence-corrected chi connectivity index (χ3v) is 6.98. The van der Waals surface area contributed by atoms with Crippen LogP contribution in [0.1, 0.15) is 9.27 Å². The van der Waals surface area contributed by atoms with Gasteiger partial charge in [0.05, 0.1) is 0 Å². The van der Waals surface area contributed by atoms with Gasteiger partial charge in [0.15, 0.2) is 0 Å². The Morgan fingerprint density at radius 3 is 2.33 bits per heavy atom. The molecule has 0 aliphatic rings. The first-order valence-electron chi connectivity index (χ1n) is 6.98. The minimum atomic E-state index is -0.245. The predicted molar refractivity (Wildman–Crippen MR) is 91.8 cm³/mol. The second kappa shape index (κ2) is 6.05. The molecule has 0 N–H and O–H groups in total. The van der Waals surface area contributed by atoms with Crippen molar-refractivity contribution >= 4 is 47.2 Å². The quantitative estimate of drug-likeness (QED) is 0.492. The van der Waals surface area contributed by atoms with Crippen molar-refractivity contribution in [3.63, 3.8) is 0 Å². The Bertz CT molecular complexity index is 783. The summed E-state index contributed by atoms with van der Waals surface area (Å²) in [5.41, 5.74) is 3.87. The molecule has 2 aromatic carbocycles. The number of aromatic nitrogens is 1. The summed E-state index contributed by atoms with van der Waals surface area (Å²) < 4.78 is 5.34. The van der Waals surface area contributed by atoms with Crippen LogP contribution in [0.3, 0.4) is 0 Å². The van der Waals surface area contributed by atoms with Crippen LogP contribution in [-0.2, 0) is 7.05 Å². The van der Waals surface area contributed by atoms with Crippen LogP contribution in [0.25, 0.3) is 21.1 Å². The Hall–Kier alpha value is -1.56. The molecule has 0 fully saturated rings. The Morgan fingerprint density at radius 1 is 0.952 bits per heavy atom. The van der Waals surface area contributed by atoms with Gasteiger partial charge in [-0.15, -0.1) is 0 Å². The standard InChI is InChI=1S/C18H19N2Te/c1-19(2)15-11-8-14(9-12-15)10-13-18-20(3)16-6-4-5-7-17(16)21-18/h4-13H,1-3H3/q+1. The molecule has 0 aliphatic heterocycles. The van der Waals surface area contributed by atoms with Crippen molar-refractivity contribution in [2.75, 3.05) is 19.0 Å². The Kier molecular flexibility index (Phi) is 4.14. The van der Waals surface area contributed by atoms with Crippen LogP contribution in [0.2, 0.25) is 0 Å². The van der Waals surface area contributed by atoms with E-state index in [2.05, 4.69) is 91.3 Å². The normalized spacial score (nSPS) is 11.4. The SMILES string of the molecule is CN(C)c1ccc(/C=C/c2[te]c3ccccc3[n+]2C)cc1. The summed E-state index contributed by atoms with van der Waals surface area (Å²) in [6, 6.07) is 17.4. The van der Waals surface area contributed by atoms with Crippen molar-refractivity contribution in [1.82, 2.24) is 0 Å². The summed E-state index contributed by atoms with van der Waals surface area (Å²) in [5.74, 6) is 0. The van der Waals surface area contributed by atoms with Crippen LogP contribution >= 0.6 is 0 Å². The summed E-state index contributed by atoms with van der Waals surface area (Å²) in [7, 11) is 6.30. The van der Waals surface area contributed by atoms with Crippen LogP contribution in [0, 0.1) is 0 Å². The number of hydrogen-bond donors (Lipinski definition) is 0. The molecule has 0 bridgehead atoms. The Morgan fingerprint density at radius 2 is 1.67 bits per heavy atom. The number of aryl methyl sites for hydroxylation is 1. The fraction of sp³-hybridized carbons (Fsp3) is 0.167. The second-order valence-corrected chi connectivity index (χ2v) is 8.32. The number of para-hydroxylation sites is 1. The van der Waals surface area contributed by atoms with E-state index in [1.807, 2.05) is 0 Å². The molecule has 0 radical (unpaired) electrons. The molecular weight excluding hydrogens is 372 g/mol. The predicted octanol–water partition coefficient (Wildman–Crippen LogP) is 2.96.